The molecule has 1 aliphatic heterocycles. The van der Waals surface area contributed by atoms with Crippen molar-refractivity contribution in [3.8, 4) is 0 Å². The zero-order valence-electron chi connectivity index (χ0n) is 12.8. The molecule has 0 spiro atoms. The molecule has 1 aliphatic rings. The van der Waals surface area contributed by atoms with Gasteiger partial charge in [-0.3, -0.25) is 0 Å². The van der Waals surface area contributed by atoms with Crippen LogP contribution >= 0.6 is 0 Å². The van der Waals surface area contributed by atoms with Gasteiger partial charge >= 0.3 is 0 Å². The van der Waals surface area contributed by atoms with Crippen LogP contribution in [0.3, 0.4) is 0 Å². The molecule has 2 rings (SSSR count). The number of hydrogen-bond acceptors (Lipinski definition) is 5. The third-order valence-electron chi connectivity index (χ3n) is 3.88. The summed E-state index contributed by atoms with van der Waals surface area (Å²) in [6.45, 7) is 10.9. The van der Waals surface area contributed by atoms with Crippen LogP contribution in [0.1, 0.15) is 33.1 Å². The van der Waals surface area contributed by atoms with Crippen LogP contribution in [0, 0.1) is 0 Å². The lowest BCUT2D eigenvalue weighted by Gasteiger charge is -2.34. The Labute approximate surface area is 122 Å². The van der Waals surface area contributed by atoms with Crippen molar-refractivity contribution in [2.24, 2.45) is 0 Å². The van der Waals surface area contributed by atoms with Gasteiger partial charge in [0.05, 0.1) is 0 Å². The summed E-state index contributed by atoms with van der Waals surface area (Å²) in [5, 5.41) is 3.39. The molecule has 0 radical (unpaired) electrons. The van der Waals surface area contributed by atoms with Crippen LogP contribution < -0.4 is 10.2 Å². The molecule has 1 fully saturated rings. The van der Waals surface area contributed by atoms with E-state index in [0.29, 0.717) is 0 Å². The summed E-state index contributed by atoms with van der Waals surface area (Å²) in [4.78, 5) is 13.5. The zero-order valence-corrected chi connectivity index (χ0v) is 12.8. The van der Waals surface area contributed by atoms with Crippen molar-refractivity contribution < 1.29 is 0 Å². The van der Waals surface area contributed by atoms with E-state index in [0.717, 1.165) is 50.9 Å². The van der Waals surface area contributed by atoms with Crippen molar-refractivity contribution in [2.75, 3.05) is 49.5 Å². The van der Waals surface area contributed by atoms with E-state index in [9.17, 15) is 0 Å². The molecule has 2 heterocycles. The first-order valence-electron chi connectivity index (χ1n) is 7.86. The maximum atomic E-state index is 4.41. The number of likely N-dealkylation sites (N-methyl/N-ethyl adjacent to an activating group) is 1. The standard InChI is InChI=1S/C15H27N5/c1-3-5-6-7-16-14-12-15(18-13-17-14)20-10-8-19(4-2)9-11-20/h12-13H,3-11H2,1-2H3,(H,16,17,18). The monoisotopic (exact) mass is 277 g/mol. The van der Waals surface area contributed by atoms with Crippen molar-refractivity contribution in [3.05, 3.63) is 12.4 Å². The molecule has 5 nitrogen and oxygen atoms in total. The topological polar surface area (TPSA) is 44.3 Å². The molecule has 0 aromatic carbocycles. The first-order valence-corrected chi connectivity index (χ1v) is 7.86. The van der Waals surface area contributed by atoms with Gasteiger partial charge in [-0.15, -0.1) is 0 Å². The molecule has 1 aromatic rings. The molecule has 0 aliphatic carbocycles. The number of rotatable bonds is 7. The summed E-state index contributed by atoms with van der Waals surface area (Å²) < 4.78 is 0. The third kappa shape index (κ3) is 4.34. The van der Waals surface area contributed by atoms with Gasteiger partial charge in [0, 0.05) is 38.8 Å². The van der Waals surface area contributed by atoms with Gasteiger partial charge in [0.1, 0.15) is 18.0 Å². The van der Waals surface area contributed by atoms with Gasteiger partial charge in [-0.2, -0.15) is 0 Å². The lowest BCUT2D eigenvalue weighted by atomic mass is 10.2. The number of nitrogens with zero attached hydrogens (tertiary/aromatic N) is 4. The molecule has 20 heavy (non-hydrogen) atoms. The van der Waals surface area contributed by atoms with E-state index in [1.807, 2.05) is 0 Å². The maximum absolute atomic E-state index is 4.41. The second-order valence-electron chi connectivity index (χ2n) is 5.32. The molecule has 112 valence electrons. The predicted octanol–water partition coefficient (Wildman–Crippen LogP) is 2.22. The summed E-state index contributed by atoms with van der Waals surface area (Å²) in [6.07, 6.45) is 5.39. The van der Waals surface area contributed by atoms with Gasteiger partial charge in [-0.1, -0.05) is 26.7 Å². The second-order valence-corrected chi connectivity index (χ2v) is 5.32. The van der Waals surface area contributed by atoms with Crippen LogP contribution in [0.25, 0.3) is 0 Å². The average molecular weight is 277 g/mol. The Morgan fingerprint density at radius 3 is 2.60 bits per heavy atom. The Morgan fingerprint density at radius 1 is 1.10 bits per heavy atom. The number of nitrogens with one attached hydrogen (secondary N) is 1. The highest BCUT2D eigenvalue weighted by molar-refractivity contribution is 5.48. The Bertz CT molecular complexity index is 388. The normalized spacial score (nSPS) is 16.4. The molecule has 0 atom stereocenters. The van der Waals surface area contributed by atoms with E-state index in [-0.39, 0.29) is 0 Å². The Kier molecular flexibility index (Phi) is 6.05. The largest absolute Gasteiger partial charge is 0.370 e. The van der Waals surface area contributed by atoms with Crippen molar-refractivity contribution in [1.29, 1.82) is 0 Å². The molecule has 0 bridgehead atoms. The van der Waals surface area contributed by atoms with E-state index in [2.05, 4.69) is 45.0 Å². The van der Waals surface area contributed by atoms with Crippen molar-refractivity contribution >= 4 is 11.6 Å². The first kappa shape index (κ1) is 15.0. The van der Waals surface area contributed by atoms with Gasteiger partial charge < -0.3 is 15.1 Å². The van der Waals surface area contributed by atoms with Crippen LogP contribution in [0.15, 0.2) is 12.4 Å². The number of piperazine rings is 1. The van der Waals surface area contributed by atoms with E-state index in [1.165, 1.54) is 19.3 Å². The lowest BCUT2D eigenvalue weighted by molar-refractivity contribution is 0.270. The predicted molar refractivity (Wildman–Crippen MR) is 84.4 cm³/mol. The smallest absolute Gasteiger partial charge is 0.134 e. The zero-order chi connectivity index (χ0) is 14.2. The highest BCUT2D eigenvalue weighted by Gasteiger charge is 2.16. The van der Waals surface area contributed by atoms with Gasteiger partial charge in [-0.05, 0) is 13.0 Å². The maximum Gasteiger partial charge on any atom is 0.134 e. The van der Waals surface area contributed by atoms with Crippen LogP contribution in [0.2, 0.25) is 0 Å². The summed E-state index contributed by atoms with van der Waals surface area (Å²) in [6, 6.07) is 2.08. The Balaban J connectivity index is 1.86. The fourth-order valence-corrected chi connectivity index (χ4v) is 2.50. The van der Waals surface area contributed by atoms with E-state index >= 15 is 0 Å². The summed E-state index contributed by atoms with van der Waals surface area (Å²) in [7, 11) is 0. The lowest BCUT2D eigenvalue weighted by Crippen LogP contribution is -2.46. The minimum Gasteiger partial charge on any atom is -0.370 e. The van der Waals surface area contributed by atoms with Crippen LogP contribution in [-0.4, -0.2) is 54.1 Å². The molecule has 5 heteroatoms. The minimum atomic E-state index is 0.948. The van der Waals surface area contributed by atoms with Crippen LogP contribution in [-0.2, 0) is 0 Å². The molecular formula is C15H27N5. The molecule has 0 unspecified atom stereocenters. The van der Waals surface area contributed by atoms with Crippen molar-refractivity contribution in [1.82, 2.24) is 14.9 Å². The number of hydrogen-bond donors (Lipinski definition) is 1. The van der Waals surface area contributed by atoms with Crippen LogP contribution in [0.4, 0.5) is 11.6 Å². The highest BCUT2D eigenvalue weighted by Crippen LogP contribution is 2.16. The fraction of sp³-hybridized carbons (Fsp3) is 0.733. The molecule has 1 saturated heterocycles. The molecule has 1 aromatic heterocycles. The number of anilines is 2. The van der Waals surface area contributed by atoms with Gasteiger partial charge in [-0.25, -0.2) is 9.97 Å². The molecular weight excluding hydrogens is 250 g/mol. The second kappa shape index (κ2) is 8.04. The fourth-order valence-electron chi connectivity index (χ4n) is 2.50. The SMILES string of the molecule is CCCCCNc1cc(N2CCN(CC)CC2)ncn1. The average Bonchev–Trinajstić information content (AvgIpc) is 2.52. The highest BCUT2D eigenvalue weighted by atomic mass is 15.3. The van der Waals surface area contributed by atoms with E-state index in [1.54, 1.807) is 6.33 Å². The van der Waals surface area contributed by atoms with E-state index in [4.69, 9.17) is 0 Å². The number of unbranched alkanes of at least 4 members (excludes halogenated alkanes) is 2. The summed E-state index contributed by atoms with van der Waals surface area (Å²) in [5.74, 6) is 2.00. The van der Waals surface area contributed by atoms with Crippen LogP contribution in [0.5, 0.6) is 0 Å². The first-order chi connectivity index (χ1) is 9.83. The summed E-state index contributed by atoms with van der Waals surface area (Å²) >= 11 is 0. The Hall–Kier alpha value is -1.36. The number of aromatic nitrogens is 2. The molecule has 0 saturated carbocycles. The molecule has 0 amide bonds. The van der Waals surface area contributed by atoms with Gasteiger partial charge in [0.25, 0.3) is 0 Å². The summed E-state index contributed by atoms with van der Waals surface area (Å²) in [5.41, 5.74) is 0. The quantitative estimate of drug-likeness (QED) is 0.774. The third-order valence-corrected chi connectivity index (χ3v) is 3.88. The van der Waals surface area contributed by atoms with Crippen molar-refractivity contribution in [2.45, 2.75) is 33.1 Å². The van der Waals surface area contributed by atoms with Crippen molar-refractivity contribution in [3.63, 3.8) is 0 Å². The molecule has 1 N–H and O–H groups in total. The van der Waals surface area contributed by atoms with Gasteiger partial charge in [0.2, 0.25) is 0 Å². The van der Waals surface area contributed by atoms with E-state index < -0.39 is 0 Å². The Morgan fingerprint density at radius 2 is 1.90 bits per heavy atom. The minimum absolute atomic E-state index is 0.948. The van der Waals surface area contributed by atoms with Gasteiger partial charge in [0.15, 0.2) is 0 Å².